The van der Waals surface area contributed by atoms with Crippen LogP contribution in [-0.2, 0) is 23.0 Å². The summed E-state index contributed by atoms with van der Waals surface area (Å²) < 4.78 is 38.5. The lowest BCUT2D eigenvalue weighted by molar-refractivity contribution is 0.356. The summed E-state index contributed by atoms with van der Waals surface area (Å²) in [7, 11) is -2.22. The Morgan fingerprint density at radius 3 is 2.79 bits per heavy atom. The molecular weight excluding hydrogens is 382 g/mol. The SMILES string of the molecule is COc1nc(CNS(=O)(=O)c2ccc3c(c2)CCO3)nc(N2CCCCC2)n1. The molecule has 1 aromatic carbocycles. The zero-order chi connectivity index (χ0) is 19.6. The fraction of sp³-hybridized carbons (Fsp3) is 0.500. The number of ether oxygens (including phenoxy) is 2. The molecule has 0 bridgehead atoms. The van der Waals surface area contributed by atoms with Crippen molar-refractivity contribution in [3.8, 4) is 11.8 Å². The maximum atomic E-state index is 12.7. The zero-order valence-electron chi connectivity index (χ0n) is 15.7. The summed E-state index contributed by atoms with van der Waals surface area (Å²) in [6.45, 7) is 2.27. The van der Waals surface area contributed by atoms with Gasteiger partial charge in [0, 0.05) is 19.5 Å². The Bertz CT molecular complexity index is 960. The van der Waals surface area contributed by atoms with Gasteiger partial charge in [0.15, 0.2) is 5.82 Å². The summed E-state index contributed by atoms with van der Waals surface area (Å²) in [6, 6.07) is 5.06. The first-order chi connectivity index (χ1) is 13.5. The van der Waals surface area contributed by atoms with Crippen LogP contribution in [0.3, 0.4) is 0 Å². The van der Waals surface area contributed by atoms with Crippen molar-refractivity contribution in [2.75, 3.05) is 31.7 Å². The van der Waals surface area contributed by atoms with Crippen molar-refractivity contribution >= 4 is 16.0 Å². The molecular formula is C18H23N5O4S. The Morgan fingerprint density at radius 2 is 2.00 bits per heavy atom. The molecule has 0 radical (unpaired) electrons. The summed E-state index contributed by atoms with van der Waals surface area (Å²) in [4.78, 5) is 15.2. The van der Waals surface area contributed by atoms with Crippen molar-refractivity contribution in [3.63, 3.8) is 0 Å². The lowest BCUT2D eigenvalue weighted by Gasteiger charge is -2.26. The van der Waals surface area contributed by atoms with Gasteiger partial charge in [-0.05, 0) is 43.0 Å². The van der Waals surface area contributed by atoms with Gasteiger partial charge in [-0.1, -0.05) is 0 Å². The zero-order valence-corrected chi connectivity index (χ0v) is 16.5. The van der Waals surface area contributed by atoms with Gasteiger partial charge in [-0.3, -0.25) is 0 Å². The van der Waals surface area contributed by atoms with Crippen LogP contribution in [-0.4, -0.2) is 50.2 Å². The molecule has 2 aliphatic rings. The van der Waals surface area contributed by atoms with E-state index in [-0.39, 0.29) is 17.5 Å². The van der Waals surface area contributed by atoms with Crippen molar-refractivity contribution in [2.45, 2.75) is 37.1 Å². The highest BCUT2D eigenvalue weighted by molar-refractivity contribution is 7.89. The predicted molar refractivity (Wildman–Crippen MR) is 102 cm³/mol. The lowest BCUT2D eigenvalue weighted by atomic mass is 10.1. The van der Waals surface area contributed by atoms with E-state index in [1.54, 1.807) is 18.2 Å². The van der Waals surface area contributed by atoms with Crippen LogP contribution in [0.5, 0.6) is 11.8 Å². The number of sulfonamides is 1. The molecule has 4 rings (SSSR count). The number of nitrogens with zero attached hydrogens (tertiary/aromatic N) is 4. The standard InChI is InChI=1S/C18H23N5O4S/c1-26-18-21-16(20-17(22-18)23-8-3-2-4-9-23)12-19-28(24,25)14-5-6-15-13(11-14)7-10-27-15/h5-6,11,19H,2-4,7-10,12H2,1H3. The first-order valence-corrected chi connectivity index (χ1v) is 10.8. The monoisotopic (exact) mass is 405 g/mol. The topological polar surface area (TPSA) is 107 Å². The van der Waals surface area contributed by atoms with Crippen LogP contribution in [0.4, 0.5) is 5.95 Å². The molecule has 0 aliphatic carbocycles. The fourth-order valence-corrected chi connectivity index (χ4v) is 4.40. The van der Waals surface area contributed by atoms with Gasteiger partial charge >= 0.3 is 6.01 Å². The summed E-state index contributed by atoms with van der Waals surface area (Å²) >= 11 is 0. The third kappa shape index (κ3) is 4.02. The Hall–Kier alpha value is -2.46. The molecule has 0 spiro atoms. The Morgan fingerprint density at radius 1 is 1.18 bits per heavy atom. The fourth-order valence-electron chi connectivity index (χ4n) is 3.37. The molecule has 10 heteroatoms. The van der Waals surface area contributed by atoms with E-state index in [2.05, 4.69) is 24.6 Å². The van der Waals surface area contributed by atoms with Crippen LogP contribution in [0.2, 0.25) is 0 Å². The van der Waals surface area contributed by atoms with Gasteiger partial charge in [-0.25, -0.2) is 13.1 Å². The Kier molecular flexibility index (Phi) is 5.31. The van der Waals surface area contributed by atoms with Gasteiger partial charge in [0.25, 0.3) is 0 Å². The average Bonchev–Trinajstić information content (AvgIpc) is 3.21. The number of fused-ring (bicyclic) bond motifs is 1. The minimum Gasteiger partial charge on any atom is -0.493 e. The van der Waals surface area contributed by atoms with Crippen molar-refractivity contribution in [2.24, 2.45) is 0 Å². The van der Waals surface area contributed by atoms with E-state index in [0.717, 1.165) is 37.2 Å². The third-order valence-electron chi connectivity index (χ3n) is 4.86. The van der Waals surface area contributed by atoms with Crippen molar-refractivity contribution in [3.05, 3.63) is 29.6 Å². The minimum absolute atomic E-state index is 0.0460. The van der Waals surface area contributed by atoms with Gasteiger partial charge in [-0.2, -0.15) is 15.0 Å². The summed E-state index contributed by atoms with van der Waals surface area (Å²) in [6.07, 6.45) is 4.07. The highest BCUT2D eigenvalue weighted by Gasteiger charge is 2.21. The summed E-state index contributed by atoms with van der Waals surface area (Å²) in [5, 5.41) is 0. The molecule has 2 aliphatic heterocycles. The van der Waals surface area contributed by atoms with Crippen LogP contribution < -0.4 is 19.1 Å². The van der Waals surface area contributed by atoms with Crippen LogP contribution in [0.25, 0.3) is 0 Å². The molecule has 2 aromatic rings. The number of aromatic nitrogens is 3. The molecule has 1 fully saturated rings. The number of anilines is 1. The maximum absolute atomic E-state index is 12.7. The number of benzene rings is 1. The largest absolute Gasteiger partial charge is 0.493 e. The van der Waals surface area contributed by atoms with Crippen molar-refractivity contribution in [1.82, 2.24) is 19.7 Å². The molecule has 0 amide bonds. The lowest BCUT2D eigenvalue weighted by Crippen LogP contribution is -2.32. The van der Waals surface area contributed by atoms with E-state index in [1.807, 2.05) is 0 Å². The number of rotatable bonds is 6. The van der Waals surface area contributed by atoms with Crippen LogP contribution >= 0.6 is 0 Å². The summed E-state index contributed by atoms with van der Waals surface area (Å²) in [5.74, 6) is 1.59. The third-order valence-corrected chi connectivity index (χ3v) is 6.26. The van der Waals surface area contributed by atoms with Crippen LogP contribution in [0, 0.1) is 0 Å². The smallest absolute Gasteiger partial charge is 0.321 e. The maximum Gasteiger partial charge on any atom is 0.321 e. The number of piperidine rings is 1. The van der Waals surface area contributed by atoms with Gasteiger partial charge in [-0.15, -0.1) is 0 Å². The van der Waals surface area contributed by atoms with Crippen molar-refractivity contribution < 1.29 is 17.9 Å². The molecule has 0 unspecified atom stereocenters. The van der Waals surface area contributed by atoms with Crippen LogP contribution in [0.15, 0.2) is 23.1 Å². The van der Waals surface area contributed by atoms with E-state index >= 15 is 0 Å². The Labute approximate surface area is 164 Å². The predicted octanol–water partition coefficient (Wildman–Crippen LogP) is 1.28. The van der Waals surface area contributed by atoms with Crippen molar-refractivity contribution in [1.29, 1.82) is 0 Å². The number of methoxy groups -OCH3 is 1. The van der Waals surface area contributed by atoms with E-state index in [0.29, 0.717) is 24.8 Å². The normalized spacial score (nSPS) is 16.5. The number of hydrogen-bond donors (Lipinski definition) is 1. The molecule has 9 nitrogen and oxygen atoms in total. The molecule has 28 heavy (non-hydrogen) atoms. The molecule has 1 N–H and O–H groups in total. The number of hydrogen-bond acceptors (Lipinski definition) is 8. The van der Waals surface area contributed by atoms with E-state index in [9.17, 15) is 8.42 Å². The molecule has 1 saturated heterocycles. The van der Waals surface area contributed by atoms with Gasteiger partial charge in [0.1, 0.15) is 5.75 Å². The second-order valence-electron chi connectivity index (χ2n) is 6.78. The highest BCUT2D eigenvalue weighted by atomic mass is 32.2. The molecule has 0 atom stereocenters. The van der Waals surface area contributed by atoms with Crippen LogP contribution in [0.1, 0.15) is 30.7 Å². The quantitative estimate of drug-likeness (QED) is 0.766. The molecule has 0 saturated carbocycles. The van der Waals surface area contributed by atoms with E-state index in [1.165, 1.54) is 13.5 Å². The van der Waals surface area contributed by atoms with Gasteiger partial charge in [0.05, 0.1) is 25.2 Å². The molecule has 3 heterocycles. The van der Waals surface area contributed by atoms with E-state index in [4.69, 9.17) is 9.47 Å². The number of nitrogens with one attached hydrogen (secondary N) is 1. The minimum atomic E-state index is -3.70. The van der Waals surface area contributed by atoms with E-state index < -0.39 is 10.0 Å². The Balaban J connectivity index is 1.52. The highest BCUT2D eigenvalue weighted by Crippen LogP contribution is 2.27. The summed E-state index contributed by atoms with van der Waals surface area (Å²) in [5.41, 5.74) is 0.900. The first kappa shape index (κ1) is 18.9. The second kappa shape index (κ2) is 7.88. The average molecular weight is 405 g/mol. The molecule has 150 valence electrons. The van der Waals surface area contributed by atoms with Gasteiger partial charge in [0.2, 0.25) is 16.0 Å². The van der Waals surface area contributed by atoms with Gasteiger partial charge < -0.3 is 14.4 Å². The first-order valence-electron chi connectivity index (χ1n) is 9.34. The second-order valence-corrected chi connectivity index (χ2v) is 8.55. The molecule has 1 aromatic heterocycles.